The fourth-order valence-electron chi connectivity index (χ4n) is 4.14. The first-order valence-corrected chi connectivity index (χ1v) is 12.0. The second kappa shape index (κ2) is 10.2. The molecular weight excluding hydrogens is 396 g/mol. The summed E-state index contributed by atoms with van der Waals surface area (Å²) in [5, 5.41) is 3.00. The molecule has 30 heavy (non-hydrogen) atoms. The summed E-state index contributed by atoms with van der Waals surface area (Å²) in [5.41, 5.74) is 2.16. The lowest BCUT2D eigenvalue weighted by atomic mass is 9.92. The van der Waals surface area contributed by atoms with Crippen LogP contribution in [0.3, 0.4) is 0 Å². The van der Waals surface area contributed by atoms with Gasteiger partial charge in [0, 0.05) is 29.6 Å². The second-order valence-electron chi connectivity index (χ2n) is 8.02. The molecule has 6 heteroatoms. The zero-order valence-corrected chi connectivity index (χ0v) is 18.4. The number of fused-ring (bicyclic) bond motifs is 1. The van der Waals surface area contributed by atoms with Crippen molar-refractivity contribution in [2.45, 2.75) is 37.1 Å². The summed E-state index contributed by atoms with van der Waals surface area (Å²) in [7, 11) is 0. The third-order valence-electron chi connectivity index (χ3n) is 5.85. The number of carbonyl (C=O) groups excluding carboxylic acids is 1. The van der Waals surface area contributed by atoms with Crippen LogP contribution in [0.25, 0.3) is 0 Å². The topological polar surface area (TPSA) is 50.8 Å². The molecule has 4 rings (SSSR count). The molecule has 160 valence electrons. The van der Waals surface area contributed by atoms with Gasteiger partial charge in [-0.3, -0.25) is 9.69 Å². The van der Waals surface area contributed by atoms with Crippen molar-refractivity contribution in [3.05, 3.63) is 48.0 Å². The fourth-order valence-corrected chi connectivity index (χ4v) is 4.63. The molecule has 0 aromatic heterocycles. The number of piperidine rings is 1. The van der Waals surface area contributed by atoms with Gasteiger partial charge in [0.15, 0.2) is 11.5 Å². The van der Waals surface area contributed by atoms with E-state index in [-0.39, 0.29) is 5.91 Å². The number of benzene rings is 2. The maximum absolute atomic E-state index is 12.4. The Morgan fingerprint density at radius 2 is 1.90 bits per heavy atom. The molecule has 1 N–H and O–H groups in total. The van der Waals surface area contributed by atoms with Crippen LogP contribution in [0.1, 0.15) is 31.2 Å². The van der Waals surface area contributed by atoms with E-state index >= 15 is 0 Å². The largest absolute Gasteiger partial charge is 0.486 e. The third-order valence-corrected chi connectivity index (χ3v) is 6.58. The Balaban J connectivity index is 1.18. The SMILES string of the molecule is CSc1cccc(CN2CCC(CCC(=O)Nc3ccc4c(c3)OCCO4)CC2)c1. The Labute approximate surface area is 183 Å². The molecule has 2 aromatic carbocycles. The molecule has 0 bridgehead atoms. The molecule has 1 saturated heterocycles. The van der Waals surface area contributed by atoms with Gasteiger partial charge in [-0.05, 0) is 74.4 Å². The molecular formula is C24H30N2O3S. The summed E-state index contributed by atoms with van der Waals surface area (Å²) in [4.78, 5) is 16.3. The highest BCUT2D eigenvalue weighted by Crippen LogP contribution is 2.32. The van der Waals surface area contributed by atoms with Crippen LogP contribution >= 0.6 is 11.8 Å². The van der Waals surface area contributed by atoms with Crippen LogP contribution in [-0.4, -0.2) is 43.4 Å². The van der Waals surface area contributed by atoms with E-state index < -0.39 is 0 Å². The number of amides is 1. The number of hydrogen-bond acceptors (Lipinski definition) is 5. The van der Waals surface area contributed by atoms with Gasteiger partial charge in [0.1, 0.15) is 13.2 Å². The van der Waals surface area contributed by atoms with Crippen molar-refractivity contribution in [2.75, 3.05) is 37.9 Å². The Hall–Kier alpha value is -2.18. The van der Waals surface area contributed by atoms with Gasteiger partial charge in [-0.1, -0.05) is 12.1 Å². The van der Waals surface area contributed by atoms with E-state index in [0.29, 0.717) is 31.3 Å². The number of carbonyl (C=O) groups is 1. The Morgan fingerprint density at radius 3 is 2.70 bits per heavy atom. The van der Waals surface area contributed by atoms with E-state index in [1.165, 1.54) is 23.3 Å². The first-order valence-electron chi connectivity index (χ1n) is 10.7. The zero-order chi connectivity index (χ0) is 20.8. The number of nitrogens with one attached hydrogen (secondary N) is 1. The summed E-state index contributed by atoms with van der Waals surface area (Å²) in [6.45, 7) is 4.36. The molecule has 1 amide bonds. The summed E-state index contributed by atoms with van der Waals surface area (Å²) in [6.07, 6.45) is 5.97. The number of likely N-dealkylation sites (tertiary alicyclic amines) is 1. The molecule has 1 fully saturated rings. The van der Waals surface area contributed by atoms with Crippen LogP contribution in [0.2, 0.25) is 0 Å². The van der Waals surface area contributed by atoms with Crippen LogP contribution in [0.4, 0.5) is 5.69 Å². The van der Waals surface area contributed by atoms with Crippen molar-refractivity contribution in [1.29, 1.82) is 0 Å². The highest BCUT2D eigenvalue weighted by molar-refractivity contribution is 7.98. The van der Waals surface area contributed by atoms with Gasteiger partial charge in [-0.25, -0.2) is 0 Å². The molecule has 2 aliphatic heterocycles. The molecule has 0 saturated carbocycles. The summed E-state index contributed by atoms with van der Waals surface area (Å²) in [6, 6.07) is 14.4. The number of rotatable bonds is 7. The van der Waals surface area contributed by atoms with Gasteiger partial charge >= 0.3 is 0 Å². The predicted octanol–water partition coefficient (Wildman–Crippen LogP) is 4.81. The minimum atomic E-state index is 0.0722. The Kier molecular flexibility index (Phi) is 7.18. The van der Waals surface area contributed by atoms with Crippen molar-refractivity contribution < 1.29 is 14.3 Å². The van der Waals surface area contributed by atoms with Crippen molar-refractivity contribution in [1.82, 2.24) is 4.90 Å². The molecule has 0 aliphatic carbocycles. The van der Waals surface area contributed by atoms with E-state index in [1.807, 2.05) is 18.2 Å². The van der Waals surface area contributed by atoms with E-state index in [9.17, 15) is 4.79 Å². The Bertz CT molecular complexity index is 865. The molecule has 0 spiro atoms. The van der Waals surface area contributed by atoms with Crippen LogP contribution in [0.5, 0.6) is 11.5 Å². The lowest BCUT2D eigenvalue weighted by Gasteiger charge is -2.32. The molecule has 2 aliphatic rings. The van der Waals surface area contributed by atoms with Gasteiger partial charge in [0.2, 0.25) is 5.91 Å². The molecule has 0 atom stereocenters. The number of anilines is 1. The van der Waals surface area contributed by atoms with Crippen LogP contribution in [-0.2, 0) is 11.3 Å². The molecule has 2 heterocycles. The number of ether oxygens (including phenoxy) is 2. The Morgan fingerprint density at radius 1 is 1.10 bits per heavy atom. The highest BCUT2D eigenvalue weighted by Gasteiger charge is 2.20. The monoisotopic (exact) mass is 426 g/mol. The average molecular weight is 427 g/mol. The minimum Gasteiger partial charge on any atom is -0.486 e. The smallest absolute Gasteiger partial charge is 0.224 e. The van der Waals surface area contributed by atoms with E-state index in [1.54, 1.807) is 11.8 Å². The molecule has 5 nitrogen and oxygen atoms in total. The van der Waals surface area contributed by atoms with E-state index in [0.717, 1.165) is 37.5 Å². The summed E-state index contributed by atoms with van der Waals surface area (Å²) < 4.78 is 11.1. The van der Waals surface area contributed by atoms with Gasteiger partial charge in [-0.2, -0.15) is 0 Å². The van der Waals surface area contributed by atoms with Crippen LogP contribution < -0.4 is 14.8 Å². The highest BCUT2D eigenvalue weighted by atomic mass is 32.2. The maximum Gasteiger partial charge on any atom is 0.224 e. The normalized spacial score (nSPS) is 17.0. The maximum atomic E-state index is 12.4. The minimum absolute atomic E-state index is 0.0722. The quantitative estimate of drug-likeness (QED) is 0.644. The van der Waals surface area contributed by atoms with Crippen LogP contribution in [0, 0.1) is 5.92 Å². The third kappa shape index (κ3) is 5.70. The average Bonchev–Trinajstić information content (AvgIpc) is 2.79. The number of nitrogens with zero attached hydrogens (tertiary/aromatic N) is 1. The molecule has 0 radical (unpaired) electrons. The number of thioether (sulfide) groups is 1. The van der Waals surface area contributed by atoms with Gasteiger partial charge in [-0.15, -0.1) is 11.8 Å². The number of hydrogen-bond donors (Lipinski definition) is 1. The first kappa shape index (κ1) is 21.1. The van der Waals surface area contributed by atoms with Crippen molar-refractivity contribution in [2.24, 2.45) is 5.92 Å². The van der Waals surface area contributed by atoms with Crippen molar-refractivity contribution in [3.63, 3.8) is 0 Å². The first-order chi connectivity index (χ1) is 14.7. The summed E-state index contributed by atoms with van der Waals surface area (Å²) >= 11 is 1.79. The summed E-state index contributed by atoms with van der Waals surface area (Å²) in [5.74, 6) is 2.15. The second-order valence-corrected chi connectivity index (χ2v) is 8.90. The molecule has 0 unspecified atom stereocenters. The van der Waals surface area contributed by atoms with Gasteiger partial charge in [0.25, 0.3) is 0 Å². The van der Waals surface area contributed by atoms with Crippen molar-refractivity contribution in [3.8, 4) is 11.5 Å². The lowest BCUT2D eigenvalue weighted by molar-refractivity contribution is -0.116. The van der Waals surface area contributed by atoms with Gasteiger partial charge < -0.3 is 14.8 Å². The molecule has 2 aromatic rings. The standard InChI is InChI=1S/C24H30N2O3S/c1-30-21-4-2-3-19(15-21)17-26-11-9-18(10-12-26)5-8-24(27)25-20-6-7-22-23(16-20)29-14-13-28-22/h2-4,6-7,15-16,18H,5,8-14,17H2,1H3,(H,25,27). The predicted molar refractivity (Wildman–Crippen MR) is 122 cm³/mol. The fraction of sp³-hybridized carbons (Fsp3) is 0.458. The zero-order valence-electron chi connectivity index (χ0n) is 17.6. The van der Waals surface area contributed by atoms with Crippen molar-refractivity contribution >= 4 is 23.4 Å². The van der Waals surface area contributed by atoms with Gasteiger partial charge in [0.05, 0.1) is 0 Å². The van der Waals surface area contributed by atoms with E-state index in [4.69, 9.17) is 9.47 Å². The lowest BCUT2D eigenvalue weighted by Crippen LogP contribution is -2.33. The van der Waals surface area contributed by atoms with Crippen LogP contribution in [0.15, 0.2) is 47.4 Å². The van der Waals surface area contributed by atoms with E-state index in [2.05, 4.69) is 40.7 Å².